The van der Waals surface area contributed by atoms with Gasteiger partial charge in [0, 0.05) is 36.5 Å². The number of aromatic nitrogens is 1. The van der Waals surface area contributed by atoms with E-state index in [-0.39, 0.29) is 0 Å². The van der Waals surface area contributed by atoms with Crippen LogP contribution in [-0.2, 0) is 6.42 Å². The molecule has 0 fully saturated rings. The van der Waals surface area contributed by atoms with Crippen molar-refractivity contribution in [2.75, 3.05) is 0 Å². The van der Waals surface area contributed by atoms with Gasteiger partial charge < -0.3 is 9.73 Å². The molecule has 0 saturated heterocycles. The predicted molar refractivity (Wildman–Crippen MR) is 70.2 cm³/mol. The standard InChI is InChI=1S/C15H18N2O/c1-11(12-4-3-8-16-10-12)17-14-5-2-6-15-13(14)7-9-18-15/h3-4,7-11,14,17H,2,5-6H2,1H3/t11-,14?/m0/s1. The van der Waals surface area contributed by atoms with Crippen molar-refractivity contribution in [3.63, 3.8) is 0 Å². The normalized spacial score (nSPS) is 20.4. The van der Waals surface area contributed by atoms with Crippen molar-refractivity contribution in [3.05, 3.63) is 53.7 Å². The largest absolute Gasteiger partial charge is 0.469 e. The van der Waals surface area contributed by atoms with E-state index in [9.17, 15) is 0 Å². The first-order valence-corrected chi connectivity index (χ1v) is 6.57. The lowest BCUT2D eigenvalue weighted by Crippen LogP contribution is -2.27. The van der Waals surface area contributed by atoms with Gasteiger partial charge in [-0.05, 0) is 37.5 Å². The van der Waals surface area contributed by atoms with E-state index in [1.54, 1.807) is 6.26 Å². The fraction of sp³-hybridized carbons (Fsp3) is 0.400. The minimum atomic E-state index is 0.310. The number of nitrogens with zero attached hydrogens (tertiary/aromatic N) is 1. The molecule has 0 radical (unpaired) electrons. The lowest BCUT2D eigenvalue weighted by molar-refractivity contribution is 0.385. The van der Waals surface area contributed by atoms with E-state index in [1.165, 1.54) is 24.0 Å². The molecule has 3 rings (SSSR count). The van der Waals surface area contributed by atoms with Gasteiger partial charge in [-0.1, -0.05) is 6.07 Å². The summed E-state index contributed by atoms with van der Waals surface area (Å²) in [5.74, 6) is 1.15. The van der Waals surface area contributed by atoms with Crippen molar-refractivity contribution in [1.82, 2.24) is 10.3 Å². The van der Waals surface area contributed by atoms with E-state index in [0.29, 0.717) is 12.1 Å². The maximum Gasteiger partial charge on any atom is 0.108 e. The highest BCUT2D eigenvalue weighted by Gasteiger charge is 2.23. The van der Waals surface area contributed by atoms with Crippen LogP contribution in [0.15, 0.2) is 41.3 Å². The van der Waals surface area contributed by atoms with E-state index in [2.05, 4.69) is 29.4 Å². The summed E-state index contributed by atoms with van der Waals surface area (Å²) < 4.78 is 5.52. The van der Waals surface area contributed by atoms with Crippen LogP contribution in [0.5, 0.6) is 0 Å². The molecule has 2 atom stereocenters. The van der Waals surface area contributed by atoms with Gasteiger partial charge in [-0.2, -0.15) is 0 Å². The quantitative estimate of drug-likeness (QED) is 0.896. The second-order valence-electron chi connectivity index (χ2n) is 4.92. The summed E-state index contributed by atoms with van der Waals surface area (Å²) in [6.45, 7) is 2.19. The van der Waals surface area contributed by atoms with Crippen LogP contribution in [0.25, 0.3) is 0 Å². The first-order chi connectivity index (χ1) is 8.84. The summed E-state index contributed by atoms with van der Waals surface area (Å²) in [5.41, 5.74) is 2.56. The summed E-state index contributed by atoms with van der Waals surface area (Å²) in [6.07, 6.45) is 8.98. The zero-order chi connectivity index (χ0) is 12.4. The smallest absolute Gasteiger partial charge is 0.108 e. The Bertz CT molecular complexity index is 506. The zero-order valence-electron chi connectivity index (χ0n) is 10.6. The fourth-order valence-corrected chi connectivity index (χ4v) is 2.69. The van der Waals surface area contributed by atoms with Crippen molar-refractivity contribution in [2.24, 2.45) is 0 Å². The predicted octanol–water partition coefficient (Wildman–Crippen LogP) is 3.40. The van der Waals surface area contributed by atoms with Crippen LogP contribution in [0.3, 0.4) is 0 Å². The number of nitrogens with one attached hydrogen (secondary N) is 1. The Hall–Kier alpha value is -1.61. The van der Waals surface area contributed by atoms with Crippen LogP contribution in [0.1, 0.15) is 48.7 Å². The number of hydrogen-bond donors (Lipinski definition) is 1. The molecule has 3 nitrogen and oxygen atoms in total. The topological polar surface area (TPSA) is 38.1 Å². The van der Waals surface area contributed by atoms with Gasteiger partial charge in [-0.15, -0.1) is 0 Å². The van der Waals surface area contributed by atoms with Gasteiger partial charge in [0.05, 0.1) is 6.26 Å². The van der Waals surface area contributed by atoms with Crippen LogP contribution >= 0.6 is 0 Å². The van der Waals surface area contributed by atoms with E-state index in [4.69, 9.17) is 4.42 Å². The highest BCUT2D eigenvalue weighted by molar-refractivity contribution is 5.25. The van der Waals surface area contributed by atoms with E-state index in [0.717, 1.165) is 12.2 Å². The molecule has 0 amide bonds. The van der Waals surface area contributed by atoms with Crippen LogP contribution in [0.4, 0.5) is 0 Å². The Kier molecular flexibility index (Phi) is 3.15. The molecule has 0 saturated carbocycles. The number of fused-ring (bicyclic) bond motifs is 1. The van der Waals surface area contributed by atoms with Gasteiger partial charge in [-0.3, -0.25) is 4.98 Å². The van der Waals surface area contributed by atoms with Gasteiger partial charge >= 0.3 is 0 Å². The second kappa shape index (κ2) is 4.94. The van der Waals surface area contributed by atoms with Gasteiger partial charge in [0.15, 0.2) is 0 Å². The molecule has 1 unspecified atom stereocenters. The van der Waals surface area contributed by atoms with E-state index < -0.39 is 0 Å². The molecule has 18 heavy (non-hydrogen) atoms. The number of pyridine rings is 1. The van der Waals surface area contributed by atoms with Gasteiger partial charge in [-0.25, -0.2) is 0 Å². The molecule has 2 aromatic heterocycles. The first kappa shape index (κ1) is 11.5. The maximum atomic E-state index is 5.52. The molecule has 2 aromatic rings. The summed E-state index contributed by atoms with van der Waals surface area (Å²) in [7, 11) is 0. The van der Waals surface area contributed by atoms with Crippen molar-refractivity contribution < 1.29 is 4.42 Å². The fourth-order valence-electron chi connectivity index (χ4n) is 2.69. The van der Waals surface area contributed by atoms with Crippen molar-refractivity contribution in [2.45, 2.75) is 38.3 Å². The third-order valence-corrected chi connectivity index (χ3v) is 3.69. The monoisotopic (exact) mass is 242 g/mol. The van der Waals surface area contributed by atoms with Crippen molar-refractivity contribution >= 4 is 0 Å². The highest BCUT2D eigenvalue weighted by atomic mass is 16.3. The molecule has 3 heteroatoms. The lowest BCUT2D eigenvalue weighted by atomic mass is 9.92. The number of hydrogen-bond acceptors (Lipinski definition) is 3. The Balaban J connectivity index is 1.75. The van der Waals surface area contributed by atoms with Crippen LogP contribution in [0.2, 0.25) is 0 Å². The van der Waals surface area contributed by atoms with Crippen LogP contribution in [0, 0.1) is 0 Å². The molecule has 0 spiro atoms. The maximum absolute atomic E-state index is 5.52. The van der Waals surface area contributed by atoms with E-state index in [1.807, 2.05) is 18.5 Å². The SMILES string of the molecule is C[C@H](NC1CCCc2occc21)c1cccnc1. The Morgan fingerprint density at radius 2 is 2.39 bits per heavy atom. The summed E-state index contributed by atoms with van der Waals surface area (Å²) >= 11 is 0. The molecule has 1 aliphatic rings. The first-order valence-electron chi connectivity index (χ1n) is 6.57. The van der Waals surface area contributed by atoms with Crippen LogP contribution < -0.4 is 5.32 Å². The zero-order valence-corrected chi connectivity index (χ0v) is 10.6. The number of rotatable bonds is 3. The van der Waals surface area contributed by atoms with Crippen molar-refractivity contribution in [3.8, 4) is 0 Å². The Labute approximate surface area is 107 Å². The van der Waals surface area contributed by atoms with Gasteiger partial charge in [0.2, 0.25) is 0 Å². The van der Waals surface area contributed by atoms with E-state index >= 15 is 0 Å². The molecule has 0 aromatic carbocycles. The molecule has 94 valence electrons. The molecule has 0 aliphatic heterocycles. The number of aryl methyl sites for hydroxylation is 1. The van der Waals surface area contributed by atoms with Crippen LogP contribution in [-0.4, -0.2) is 4.98 Å². The van der Waals surface area contributed by atoms with Gasteiger partial charge in [0.25, 0.3) is 0 Å². The minimum Gasteiger partial charge on any atom is -0.469 e. The average Bonchev–Trinajstić information content (AvgIpc) is 2.89. The molecule has 2 heterocycles. The second-order valence-corrected chi connectivity index (χ2v) is 4.92. The third-order valence-electron chi connectivity index (χ3n) is 3.69. The third kappa shape index (κ3) is 2.18. The Morgan fingerprint density at radius 1 is 1.44 bits per heavy atom. The Morgan fingerprint density at radius 3 is 3.22 bits per heavy atom. The van der Waals surface area contributed by atoms with Gasteiger partial charge in [0.1, 0.15) is 5.76 Å². The molecule has 0 bridgehead atoms. The molecule has 1 aliphatic carbocycles. The molecular formula is C15H18N2O. The van der Waals surface area contributed by atoms with Crippen molar-refractivity contribution in [1.29, 1.82) is 0 Å². The molecular weight excluding hydrogens is 224 g/mol. The lowest BCUT2D eigenvalue weighted by Gasteiger charge is -2.26. The summed E-state index contributed by atoms with van der Waals surface area (Å²) in [4.78, 5) is 4.17. The average molecular weight is 242 g/mol. The molecule has 1 N–H and O–H groups in total. The minimum absolute atomic E-state index is 0.310. The summed E-state index contributed by atoms with van der Waals surface area (Å²) in [5, 5.41) is 3.68. The summed E-state index contributed by atoms with van der Waals surface area (Å²) in [6, 6.07) is 6.91. The number of furan rings is 1. The highest BCUT2D eigenvalue weighted by Crippen LogP contribution is 2.32.